The molecule has 0 saturated carbocycles. The van der Waals surface area contributed by atoms with Gasteiger partial charge in [-0.25, -0.2) is 4.79 Å². The van der Waals surface area contributed by atoms with Crippen molar-refractivity contribution >= 4 is 29.6 Å². The molecule has 0 radical (unpaired) electrons. The second-order valence-corrected chi connectivity index (χ2v) is 5.73. The molecular formula is C16H19N3O3. The highest BCUT2D eigenvalue weighted by Crippen LogP contribution is 2.25. The van der Waals surface area contributed by atoms with Crippen LogP contribution >= 0.6 is 0 Å². The highest BCUT2D eigenvalue weighted by Gasteiger charge is 2.24. The SMILES string of the molecule is O=CC1CCN(c2ccc(N3CCC(=O)NC3=O)cc2)CC1. The fourth-order valence-electron chi connectivity index (χ4n) is 2.95. The monoisotopic (exact) mass is 301 g/mol. The van der Waals surface area contributed by atoms with E-state index < -0.39 is 0 Å². The van der Waals surface area contributed by atoms with Crippen LogP contribution in [0.15, 0.2) is 24.3 Å². The molecule has 2 aliphatic heterocycles. The topological polar surface area (TPSA) is 69.7 Å². The summed E-state index contributed by atoms with van der Waals surface area (Å²) in [4.78, 5) is 37.6. The van der Waals surface area contributed by atoms with Crippen molar-refractivity contribution in [3.8, 4) is 0 Å². The van der Waals surface area contributed by atoms with Crippen molar-refractivity contribution in [2.24, 2.45) is 5.92 Å². The van der Waals surface area contributed by atoms with Crippen molar-refractivity contribution in [1.82, 2.24) is 5.32 Å². The molecule has 0 aromatic heterocycles. The van der Waals surface area contributed by atoms with Gasteiger partial charge in [-0.2, -0.15) is 0 Å². The van der Waals surface area contributed by atoms with E-state index in [1.165, 1.54) is 0 Å². The summed E-state index contributed by atoms with van der Waals surface area (Å²) in [7, 11) is 0. The van der Waals surface area contributed by atoms with Gasteiger partial charge in [-0.15, -0.1) is 0 Å². The molecule has 6 nitrogen and oxygen atoms in total. The zero-order valence-electron chi connectivity index (χ0n) is 12.3. The lowest BCUT2D eigenvalue weighted by molar-refractivity contribution is -0.120. The van der Waals surface area contributed by atoms with Crippen molar-refractivity contribution in [3.63, 3.8) is 0 Å². The van der Waals surface area contributed by atoms with Gasteiger partial charge in [0.25, 0.3) is 0 Å². The number of aldehydes is 1. The van der Waals surface area contributed by atoms with E-state index in [1.807, 2.05) is 24.3 Å². The number of nitrogens with one attached hydrogen (secondary N) is 1. The van der Waals surface area contributed by atoms with Crippen LogP contribution in [0, 0.1) is 5.92 Å². The lowest BCUT2D eigenvalue weighted by Crippen LogP contribution is -2.49. The summed E-state index contributed by atoms with van der Waals surface area (Å²) in [5, 5.41) is 2.32. The zero-order valence-corrected chi connectivity index (χ0v) is 12.3. The Morgan fingerprint density at radius 3 is 2.23 bits per heavy atom. The van der Waals surface area contributed by atoms with Gasteiger partial charge in [0, 0.05) is 43.3 Å². The lowest BCUT2D eigenvalue weighted by atomic mass is 9.98. The van der Waals surface area contributed by atoms with Gasteiger partial charge in [-0.1, -0.05) is 0 Å². The smallest absolute Gasteiger partial charge is 0.328 e. The van der Waals surface area contributed by atoms with Crippen molar-refractivity contribution in [2.75, 3.05) is 29.4 Å². The third kappa shape index (κ3) is 2.95. The van der Waals surface area contributed by atoms with Crippen molar-refractivity contribution in [2.45, 2.75) is 19.3 Å². The van der Waals surface area contributed by atoms with Crippen molar-refractivity contribution in [3.05, 3.63) is 24.3 Å². The molecule has 0 atom stereocenters. The summed E-state index contributed by atoms with van der Waals surface area (Å²) in [6.45, 7) is 2.16. The predicted octanol–water partition coefficient (Wildman–Crippen LogP) is 1.55. The number of anilines is 2. The summed E-state index contributed by atoms with van der Waals surface area (Å²) >= 11 is 0. The minimum absolute atomic E-state index is 0.185. The molecule has 2 heterocycles. The molecule has 0 spiro atoms. The van der Waals surface area contributed by atoms with Crippen LogP contribution in [0.5, 0.6) is 0 Å². The number of nitrogens with zero attached hydrogens (tertiary/aromatic N) is 2. The predicted molar refractivity (Wildman–Crippen MR) is 82.9 cm³/mol. The number of benzene rings is 1. The van der Waals surface area contributed by atoms with Crippen LogP contribution in [0.2, 0.25) is 0 Å². The van der Waals surface area contributed by atoms with Crippen LogP contribution in [0.25, 0.3) is 0 Å². The molecule has 1 aromatic rings. The van der Waals surface area contributed by atoms with Crippen LogP contribution in [0.3, 0.4) is 0 Å². The molecule has 1 aromatic carbocycles. The van der Waals surface area contributed by atoms with E-state index in [1.54, 1.807) is 4.90 Å². The van der Waals surface area contributed by atoms with Crippen LogP contribution in [0.1, 0.15) is 19.3 Å². The maximum atomic E-state index is 11.8. The van der Waals surface area contributed by atoms with Crippen LogP contribution in [-0.4, -0.2) is 37.9 Å². The molecule has 2 saturated heterocycles. The molecule has 116 valence electrons. The molecular weight excluding hydrogens is 282 g/mol. The average molecular weight is 301 g/mol. The minimum Gasteiger partial charge on any atom is -0.371 e. The third-order valence-electron chi connectivity index (χ3n) is 4.31. The number of carbonyl (C=O) groups excluding carboxylic acids is 3. The summed E-state index contributed by atoms with van der Waals surface area (Å²) in [5.41, 5.74) is 1.89. The lowest BCUT2D eigenvalue weighted by Gasteiger charge is -2.32. The molecule has 0 aliphatic carbocycles. The van der Waals surface area contributed by atoms with E-state index in [9.17, 15) is 14.4 Å². The maximum Gasteiger partial charge on any atom is 0.328 e. The van der Waals surface area contributed by atoms with Gasteiger partial charge < -0.3 is 9.69 Å². The number of hydrogen-bond acceptors (Lipinski definition) is 4. The highest BCUT2D eigenvalue weighted by molar-refractivity contribution is 6.05. The summed E-state index contributed by atoms with van der Waals surface area (Å²) in [5.74, 6) is -0.0407. The Kier molecular flexibility index (Phi) is 4.09. The van der Waals surface area contributed by atoms with E-state index in [4.69, 9.17) is 0 Å². The van der Waals surface area contributed by atoms with E-state index in [-0.39, 0.29) is 17.9 Å². The molecule has 22 heavy (non-hydrogen) atoms. The first kappa shape index (κ1) is 14.6. The molecule has 0 unspecified atom stereocenters. The zero-order chi connectivity index (χ0) is 15.5. The van der Waals surface area contributed by atoms with Gasteiger partial charge >= 0.3 is 6.03 Å². The summed E-state index contributed by atoms with van der Waals surface area (Å²) in [6.07, 6.45) is 3.16. The molecule has 6 heteroatoms. The normalized spacial score (nSPS) is 20.0. The number of hydrogen-bond donors (Lipinski definition) is 1. The maximum absolute atomic E-state index is 11.8. The molecule has 2 aliphatic rings. The van der Waals surface area contributed by atoms with Gasteiger partial charge in [-0.3, -0.25) is 15.0 Å². The van der Waals surface area contributed by atoms with Crippen molar-refractivity contribution in [1.29, 1.82) is 0 Å². The highest BCUT2D eigenvalue weighted by atomic mass is 16.2. The number of rotatable bonds is 3. The Morgan fingerprint density at radius 2 is 1.64 bits per heavy atom. The van der Waals surface area contributed by atoms with Gasteiger partial charge in [0.2, 0.25) is 5.91 Å². The Morgan fingerprint density at radius 1 is 1.00 bits per heavy atom. The molecule has 3 amide bonds. The number of urea groups is 1. The molecule has 3 rings (SSSR count). The molecule has 0 bridgehead atoms. The van der Waals surface area contributed by atoms with E-state index in [2.05, 4.69) is 10.2 Å². The second kappa shape index (κ2) is 6.17. The van der Waals surface area contributed by atoms with E-state index in [0.29, 0.717) is 13.0 Å². The van der Waals surface area contributed by atoms with E-state index in [0.717, 1.165) is 43.6 Å². The number of amides is 3. The van der Waals surface area contributed by atoms with Gasteiger partial charge in [-0.05, 0) is 37.1 Å². The Hall–Kier alpha value is -2.37. The largest absolute Gasteiger partial charge is 0.371 e. The van der Waals surface area contributed by atoms with Crippen LogP contribution < -0.4 is 15.1 Å². The minimum atomic E-state index is -0.365. The Balaban J connectivity index is 1.67. The van der Waals surface area contributed by atoms with Crippen molar-refractivity contribution < 1.29 is 14.4 Å². The number of carbonyl (C=O) groups is 3. The standard InChI is InChI=1S/C16H19N3O3/c20-11-12-5-8-18(9-6-12)13-1-3-14(4-2-13)19-10-7-15(21)17-16(19)22/h1-4,11-12H,5-10H2,(H,17,21,22). The number of piperidine rings is 1. The van der Waals surface area contributed by atoms with Crippen LogP contribution in [0.4, 0.5) is 16.2 Å². The second-order valence-electron chi connectivity index (χ2n) is 5.73. The van der Waals surface area contributed by atoms with Gasteiger partial charge in [0.1, 0.15) is 6.29 Å². The third-order valence-corrected chi connectivity index (χ3v) is 4.31. The van der Waals surface area contributed by atoms with Gasteiger partial charge in [0.05, 0.1) is 0 Å². The Labute approximate surface area is 129 Å². The fourth-order valence-corrected chi connectivity index (χ4v) is 2.95. The molecule has 2 fully saturated rings. The molecule has 1 N–H and O–H groups in total. The summed E-state index contributed by atoms with van der Waals surface area (Å²) < 4.78 is 0. The van der Waals surface area contributed by atoms with Gasteiger partial charge in [0.15, 0.2) is 0 Å². The quantitative estimate of drug-likeness (QED) is 0.860. The van der Waals surface area contributed by atoms with E-state index >= 15 is 0 Å². The van der Waals surface area contributed by atoms with Crippen LogP contribution in [-0.2, 0) is 9.59 Å². The first-order valence-electron chi connectivity index (χ1n) is 7.59. The fraction of sp³-hybridized carbons (Fsp3) is 0.438. The average Bonchev–Trinajstić information content (AvgIpc) is 2.55. The first-order valence-corrected chi connectivity index (χ1v) is 7.59. The summed E-state index contributed by atoms with van der Waals surface area (Å²) in [6, 6.07) is 7.41. The number of imide groups is 1. The first-order chi connectivity index (χ1) is 10.7. The Bertz CT molecular complexity index is 577.